The molecule has 2 aliphatic rings. The van der Waals surface area contributed by atoms with Crippen LogP contribution >= 0.6 is 0 Å². The molecule has 5 rings (SSSR count). The summed E-state index contributed by atoms with van der Waals surface area (Å²) in [5, 5.41) is 3.94. The van der Waals surface area contributed by atoms with Gasteiger partial charge in [0, 0.05) is 26.1 Å². The van der Waals surface area contributed by atoms with E-state index in [2.05, 4.69) is 10.3 Å². The fraction of sp³-hybridized carbons (Fsp3) is 0.233. The average Bonchev–Trinajstić information content (AvgIpc) is 2.98. The fourth-order valence-corrected chi connectivity index (χ4v) is 4.53. The van der Waals surface area contributed by atoms with Crippen LogP contribution in [0.2, 0.25) is 0 Å². The van der Waals surface area contributed by atoms with E-state index < -0.39 is 11.7 Å². The molecular formula is C30H28F3N5O3. The SMILES string of the molecule is COCC(CN=c1cc2n(-c3ccc(C(F)(F)F)cc3)c3ccccc3nc-2cc1Nc1cccnc1OC)OC. The number of aromatic nitrogens is 3. The highest BCUT2D eigenvalue weighted by Crippen LogP contribution is 2.34. The van der Waals surface area contributed by atoms with Gasteiger partial charge in [-0.3, -0.25) is 4.99 Å². The van der Waals surface area contributed by atoms with Crippen molar-refractivity contribution in [2.75, 3.05) is 39.8 Å². The van der Waals surface area contributed by atoms with Crippen molar-refractivity contribution in [1.82, 2.24) is 14.5 Å². The minimum absolute atomic E-state index is 0.284. The van der Waals surface area contributed by atoms with Crippen molar-refractivity contribution in [2.45, 2.75) is 12.3 Å². The van der Waals surface area contributed by atoms with Crippen LogP contribution in [-0.4, -0.2) is 55.1 Å². The van der Waals surface area contributed by atoms with Gasteiger partial charge in [0.2, 0.25) is 5.88 Å². The molecule has 212 valence electrons. The van der Waals surface area contributed by atoms with Crippen LogP contribution in [0, 0.1) is 0 Å². The molecule has 0 fully saturated rings. The number of benzene rings is 3. The summed E-state index contributed by atoms with van der Waals surface area (Å²) < 4.78 is 58.0. The van der Waals surface area contributed by atoms with Crippen LogP contribution in [0.1, 0.15) is 5.56 Å². The number of pyridine rings is 1. The molecule has 2 heterocycles. The number of halogens is 3. The normalized spacial score (nSPS) is 13.1. The summed E-state index contributed by atoms with van der Waals surface area (Å²) >= 11 is 0. The third-order valence-corrected chi connectivity index (χ3v) is 6.54. The Hall–Kier alpha value is -4.48. The highest BCUT2D eigenvalue weighted by atomic mass is 19.4. The van der Waals surface area contributed by atoms with E-state index in [-0.39, 0.29) is 6.10 Å². The first-order valence-corrected chi connectivity index (χ1v) is 12.7. The average molecular weight is 564 g/mol. The van der Waals surface area contributed by atoms with Crippen molar-refractivity contribution < 1.29 is 27.4 Å². The molecule has 1 aliphatic carbocycles. The van der Waals surface area contributed by atoms with Crippen LogP contribution in [-0.2, 0) is 15.7 Å². The Balaban J connectivity index is 1.75. The number of hydrogen-bond acceptors (Lipinski definition) is 7. The van der Waals surface area contributed by atoms with Gasteiger partial charge in [-0.25, -0.2) is 9.97 Å². The fourth-order valence-electron chi connectivity index (χ4n) is 4.53. The third kappa shape index (κ3) is 6.01. The van der Waals surface area contributed by atoms with E-state index in [1.54, 1.807) is 26.5 Å². The lowest BCUT2D eigenvalue weighted by atomic mass is 10.1. The Morgan fingerprint density at radius 3 is 2.44 bits per heavy atom. The van der Waals surface area contributed by atoms with Gasteiger partial charge in [-0.1, -0.05) is 12.1 Å². The van der Waals surface area contributed by atoms with Gasteiger partial charge < -0.3 is 24.1 Å². The maximum absolute atomic E-state index is 13.3. The molecule has 3 aromatic rings. The molecule has 0 radical (unpaired) electrons. The predicted molar refractivity (Wildman–Crippen MR) is 150 cm³/mol. The number of methoxy groups -OCH3 is 3. The number of hydrogen-bond donors (Lipinski definition) is 1. The molecular weight excluding hydrogens is 535 g/mol. The molecule has 11 heteroatoms. The molecule has 41 heavy (non-hydrogen) atoms. The highest BCUT2D eigenvalue weighted by molar-refractivity contribution is 5.84. The monoisotopic (exact) mass is 563 g/mol. The lowest BCUT2D eigenvalue weighted by molar-refractivity contribution is -0.137. The zero-order valence-electron chi connectivity index (χ0n) is 22.6. The standard InChI is InChI=1S/C30H28F3N5O3/c1-39-18-21(40-2)17-35-24-16-28-26(15-25(24)37-23-8-6-14-34-29(23)41-3)36-22-7-4-5-9-27(22)38(28)20-12-10-19(11-13-20)30(31,32)33/h4-16,21,37H,17-18H2,1-3H3. The second-order valence-electron chi connectivity index (χ2n) is 9.18. The predicted octanol–water partition coefficient (Wildman–Crippen LogP) is 5.86. The lowest BCUT2D eigenvalue weighted by Gasteiger charge is -2.21. The van der Waals surface area contributed by atoms with E-state index in [1.807, 2.05) is 47.0 Å². The van der Waals surface area contributed by atoms with E-state index in [0.29, 0.717) is 58.4 Å². The van der Waals surface area contributed by atoms with Crippen molar-refractivity contribution in [3.8, 4) is 23.0 Å². The minimum Gasteiger partial charge on any atom is -0.480 e. The Morgan fingerprint density at radius 1 is 0.951 bits per heavy atom. The summed E-state index contributed by atoms with van der Waals surface area (Å²) in [5.41, 5.74) is 3.76. The highest BCUT2D eigenvalue weighted by Gasteiger charge is 2.30. The van der Waals surface area contributed by atoms with Crippen LogP contribution in [0.3, 0.4) is 0 Å². The molecule has 1 atom stereocenters. The van der Waals surface area contributed by atoms with E-state index in [1.165, 1.54) is 19.2 Å². The topological polar surface area (TPSA) is 82.8 Å². The van der Waals surface area contributed by atoms with Crippen molar-refractivity contribution in [2.24, 2.45) is 4.99 Å². The number of nitrogens with one attached hydrogen (secondary N) is 1. The van der Waals surface area contributed by atoms with Gasteiger partial charge >= 0.3 is 6.18 Å². The van der Waals surface area contributed by atoms with Crippen LogP contribution in [0.25, 0.3) is 28.1 Å². The molecule has 0 spiro atoms. The number of nitrogens with zero attached hydrogens (tertiary/aromatic N) is 4. The van der Waals surface area contributed by atoms with E-state index in [0.717, 1.165) is 17.6 Å². The van der Waals surface area contributed by atoms with Gasteiger partial charge in [0.1, 0.15) is 5.69 Å². The molecule has 0 saturated heterocycles. The first kappa shape index (κ1) is 28.1. The second-order valence-corrected chi connectivity index (χ2v) is 9.18. The van der Waals surface area contributed by atoms with Crippen LogP contribution in [0.5, 0.6) is 5.88 Å². The first-order valence-electron chi connectivity index (χ1n) is 12.7. The number of ether oxygens (including phenoxy) is 3. The molecule has 0 bridgehead atoms. The smallest absolute Gasteiger partial charge is 0.416 e. The lowest BCUT2D eigenvalue weighted by Crippen LogP contribution is -2.23. The summed E-state index contributed by atoms with van der Waals surface area (Å²) in [6, 6.07) is 19.9. The van der Waals surface area contributed by atoms with E-state index in [4.69, 9.17) is 24.2 Å². The number of rotatable bonds is 9. The van der Waals surface area contributed by atoms with Crippen LogP contribution in [0.4, 0.5) is 24.5 Å². The Kier molecular flexibility index (Phi) is 8.18. The maximum atomic E-state index is 13.3. The Labute approximate surface area is 234 Å². The van der Waals surface area contributed by atoms with Gasteiger partial charge in [0.25, 0.3) is 0 Å². The van der Waals surface area contributed by atoms with Gasteiger partial charge in [-0.05, 0) is 60.7 Å². The van der Waals surface area contributed by atoms with Gasteiger partial charge in [-0.15, -0.1) is 0 Å². The minimum atomic E-state index is -4.44. The van der Waals surface area contributed by atoms with Gasteiger partial charge in [0.15, 0.2) is 0 Å². The molecule has 2 aromatic carbocycles. The second kappa shape index (κ2) is 11.9. The third-order valence-electron chi connectivity index (χ3n) is 6.54. The van der Waals surface area contributed by atoms with Gasteiger partial charge in [-0.2, -0.15) is 13.2 Å². The molecule has 1 aromatic heterocycles. The Bertz CT molecular complexity index is 1690. The summed E-state index contributed by atoms with van der Waals surface area (Å²) in [4.78, 5) is 14.0. The molecule has 0 amide bonds. The molecule has 1 aliphatic heterocycles. The van der Waals surface area contributed by atoms with E-state index >= 15 is 0 Å². The first-order chi connectivity index (χ1) is 19.8. The zero-order valence-corrected chi connectivity index (χ0v) is 22.6. The summed E-state index contributed by atoms with van der Waals surface area (Å²) in [7, 11) is 4.72. The number of alkyl halides is 3. The van der Waals surface area contributed by atoms with Crippen molar-refractivity contribution >= 4 is 22.4 Å². The number of fused-ring (bicyclic) bond motifs is 2. The molecule has 1 unspecified atom stereocenters. The van der Waals surface area contributed by atoms with E-state index in [9.17, 15) is 13.2 Å². The zero-order chi connectivity index (χ0) is 29.0. The molecule has 8 nitrogen and oxygen atoms in total. The van der Waals surface area contributed by atoms with Crippen molar-refractivity contribution in [3.63, 3.8) is 0 Å². The van der Waals surface area contributed by atoms with Crippen LogP contribution in [0.15, 0.2) is 84.0 Å². The largest absolute Gasteiger partial charge is 0.480 e. The molecule has 1 N–H and O–H groups in total. The van der Waals surface area contributed by atoms with Gasteiger partial charge in [0.05, 0.1) is 65.4 Å². The van der Waals surface area contributed by atoms with Crippen molar-refractivity contribution in [1.29, 1.82) is 0 Å². The van der Waals surface area contributed by atoms with Crippen molar-refractivity contribution in [3.05, 3.63) is 89.9 Å². The number of anilines is 2. The quantitative estimate of drug-likeness (QED) is 0.226. The van der Waals surface area contributed by atoms with Crippen LogP contribution < -0.4 is 15.4 Å². The summed E-state index contributed by atoms with van der Waals surface area (Å²) in [5.74, 6) is 0.402. The summed E-state index contributed by atoms with van der Waals surface area (Å²) in [6.45, 7) is 0.653. The Morgan fingerprint density at radius 2 is 1.73 bits per heavy atom. The number of para-hydroxylation sites is 2. The summed E-state index contributed by atoms with van der Waals surface area (Å²) in [6.07, 6.45) is -3.09. The maximum Gasteiger partial charge on any atom is 0.416 e. The molecule has 0 saturated carbocycles.